The lowest BCUT2D eigenvalue weighted by atomic mass is 10.2. The molecule has 0 bridgehead atoms. The van der Waals surface area contributed by atoms with Crippen LogP contribution in [0.25, 0.3) is 11.5 Å². The molecule has 3 heterocycles. The van der Waals surface area contributed by atoms with Crippen molar-refractivity contribution in [3.8, 4) is 11.5 Å². The monoisotopic (exact) mass is 427 g/mol. The van der Waals surface area contributed by atoms with Gasteiger partial charge in [0, 0.05) is 38.9 Å². The number of aromatic nitrogens is 3. The van der Waals surface area contributed by atoms with Crippen LogP contribution in [0.5, 0.6) is 0 Å². The second-order valence-corrected chi connectivity index (χ2v) is 9.07. The Labute approximate surface area is 175 Å². The van der Waals surface area contributed by atoms with Gasteiger partial charge in [-0.3, -0.25) is 9.88 Å². The van der Waals surface area contributed by atoms with E-state index in [4.69, 9.17) is 0 Å². The van der Waals surface area contributed by atoms with Crippen LogP contribution in [0.2, 0.25) is 0 Å². The molecule has 2 aromatic heterocycles. The molecule has 156 valence electrons. The summed E-state index contributed by atoms with van der Waals surface area (Å²) in [6, 6.07) is 11.9. The van der Waals surface area contributed by atoms with E-state index in [1.54, 1.807) is 31.3 Å². The minimum atomic E-state index is -3.69. The maximum atomic E-state index is 13.4. The van der Waals surface area contributed by atoms with Gasteiger partial charge in [-0.1, -0.05) is 18.2 Å². The molecular formula is C21H22FN5O2S. The van der Waals surface area contributed by atoms with Crippen molar-refractivity contribution in [2.45, 2.75) is 18.4 Å². The van der Waals surface area contributed by atoms with Crippen LogP contribution in [0.3, 0.4) is 0 Å². The highest BCUT2D eigenvalue weighted by Gasteiger charge is 2.30. The summed E-state index contributed by atoms with van der Waals surface area (Å²) < 4.78 is 41.1. The Kier molecular flexibility index (Phi) is 5.85. The first-order chi connectivity index (χ1) is 14.4. The van der Waals surface area contributed by atoms with Gasteiger partial charge in [0.1, 0.15) is 16.4 Å². The Morgan fingerprint density at radius 2 is 1.83 bits per heavy atom. The van der Waals surface area contributed by atoms with Crippen LogP contribution >= 0.6 is 0 Å². The number of aryl methyl sites for hydroxylation is 1. The van der Waals surface area contributed by atoms with Crippen LogP contribution in [-0.4, -0.2) is 58.8 Å². The minimum Gasteiger partial charge on any atom is -0.296 e. The van der Waals surface area contributed by atoms with Gasteiger partial charge in [0.25, 0.3) is 0 Å². The van der Waals surface area contributed by atoms with Gasteiger partial charge in [0.2, 0.25) is 10.0 Å². The first kappa shape index (κ1) is 20.5. The number of pyridine rings is 1. The van der Waals surface area contributed by atoms with Crippen molar-refractivity contribution >= 4 is 10.0 Å². The van der Waals surface area contributed by atoms with E-state index in [-0.39, 0.29) is 10.7 Å². The summed E-state index contributed by atoms with van der Waals surface area (Å²) in [5.41, 5.74) is 1.86. The van der Waals surface area contributed by atoms with E-state index < -0.39 is 10.0 Å². The summed E-state index contributed by atoms with van der Waals surface area (Å²) in [6.45, 7) is 4.12. The van der Waals surface area contributed by atoms with Crippen molar-refractivity contribution in [2.75, 3.05) is 26.2 Å². The first-order valence-corrected chi connectivity index (χ1v) is 11.1. The first-order valence-electron chi connectivity index (χ1n) is 9.65. The topological polar surface area (TPSA) is 79.3 Å². The maximum Gasteiger partial charge on any atom is 0.246 e. The van der Waals surface area contributed by atoms with E-state index in [2.05, 4.69) is 19.9 Å². The van der Waals surface area contributed by atoms with Gasteiger partial charge < -0.3 is 0 Å². The van der Waals surface area contributed by atoms with E-state index in [1.165, 1.54) is 22.6 Å². The van der Waals surface area contributed by atoms with Crippen molar-refractivity contribution in [3.63, 3.8) is 0 Å². The fourth-order valence-electron chi connectivity index (χ4n) is 3.49. The van der Waals surface area contributed by atoms with Gasteiger partial charge in [-0.25, -0.2) is 22.8 Å². The molecule has 0 amide bonds. The van der Waals surface area contributed by atoms with Crippen LogP contribution in [0, 0.1) is 12.7 Å². The molecule has 0 spiro atoms. The van der Waals surface area contributed by atoms with E-state index in [0.29, 0.717) is 49.9 Å². The smallest absolute Gasteiger partial charge is 0.246 e. The minimum absolute atomic E-state index is 0.112. The average Bonchev–Trinajstić information content (AvgIpc) is 2.74. The Bertz CT molecular complexity index is 1130. The summed E-state index contributed by atoms with van der Waals surface area (Å²) >= 11 is 0. The lowest BCUT2D eigenvalue weighted by molar-refractivity contribution is 0.181. The van der Waals surface area contributed by atoms with Crippen LogP contribution < -0.4 is 0 Å². The highest BCUT2D eigenvalue weighted by atomic mass is 32.2. The predicted octanol–water partition coefficient (Wildman–Crippen LogP) is 2.49. The number of sulfonamides is 1. The van der Waals surface area contributed by atoms with Gasteiger partial charge in [-0.2, -0.15) is 4.31 Å². The fraction of sp³-hybridized carbons (Fsp3) is 0.286. The van der Waals surface area contributed by atoms with E-state index >= 15 is 0 Å². The van der Waals surface area contributed by atoms with Crippen molar-refractivity contribution in [1.82, 2.24) is 24.2 Å². The normalized spacial score (nSPS) is 15.9. The van der Waals surface area contributed by atoms with Gasteiger partial charge in [-0.15, -0.1) is 0 Å². The molecule has 3 aromatic rings. The largest absolute Gasteiger partial charge is 0.296 e. The second-order valence-electron chi connectivity index (χ2n) is 7.17. The number of hydrogen-bond donors (Lipinski definition) is 0. The molecule has 4 rings (SSSR count). The Balaban J connectivity index is 1.45. The summed E-state index contributed by atoms with van der Waals surface area (Å²) in [7, 11) is -3.69. The van der Waals surface area contributed by atoms with Gasteiger partial charge >= 0.3 is 0 Å². The molecule has 0 saturated carbocycles. The molecule has 0 aliphatic carbocycles. The van der Waals surface area contributed by atoms with Crippen molar-refractivity contribution in [1.29, 1.82) is 0 Å². The zero-order chi connectivity index (χ0) is 21.1. The lowest BCUT2D eigenvalue weighted by Crippen LogP contribution is -2.48. The summed E-state index contributed by atoms with van der Waals surface area (Å²) in [6.07, 6.45) is 3.00. The fourth-order valence-corrected chi connectivity index (χ4v) is 5.02. The van der Waals surface area contributed by atoms with E-state index in [9.17, 15) is 12.8 Å². The molecule has 9 heteroatoms. The molecule has 0 atom stereocenters. The lowest BCUT2D eigenvalue weighted by Gasteiger charge is -2.34. The molecule has 1 saturated heterocycles. The van der Waals surface area contributed by atoms with Gasteiger partial charge in [-0.05, 0) is 36.8 Å². The number of benzene rings is 1. The molecule has 0 radical (unpaired) electrons. The average molecular weight is 428 g/mol. The highest BCUT2D eigenvalue weighted by molar-refractivity contribution is 7.89. The number of nitrogens with zero attached hydrogens (tertiary/aromatic N) is 5. The zero-order valence-electron chi connectivity index (χ0n) is 16.6. The number of rotatable bonds is 5. The third kappa shape index (κ3) is 4.38. The van der Waals surface area contributed by atoms with Crippen LogP contribution in [0.15, 0.2) is 59.8 Å². The third-order valence-corrected chi connectivity index (χ3v) is 7.07. The Morgan fingerprint density at radius 3 is 2.50 bits per heavy atom. The van der Waals surface area contributed by atoms with E-state index in [1.807, 2.05) is 12.1 Å². The molecule has 0 N–H and O–H groups in total. The number of piperazine rings is 1. The standard InChI is InChI=1S/C21H22FN5O2S/c1-16-20(14-24-21(25-16)19-7-2-3-8-23-19)30(28,29)27-11-9-26(10-12-27)15-17-5-4-6-18(22)13-17/h2-8,13-14H,9-12,15H2,1H3. The Hall–Kier alpha value is -2.75. The molecule has 30 heavy (non-hydrogen) atoms. The quantitative estimate of drug-likeness (QED) is 0.623. The van der Waals surface area contributed by atoms with Crippen molar-refractivity contribution in [3.05, 3.63) is 71.9 Å². The number of hydrogen-bond acceptors (Lipinski definition) is 6. The van der Waals surface area contributed by atoms with Crippen LogP contribution in [0.4, 0.5) is 4.39 Å². The summed E-state index contributed by atoms with van der Waals surface area (Å²) in [5.74, 6) is 0.130. The molecule has 1 aliphatic heterocycles. The maximum absolute atomic E-state index is 13.4. The zero-order valence-corrected chi connectivity index (χ0v) is 17.4. The predicted molar refractivity (Wildman–Crippen MR) is 110 cm³/mol. The number of halogens is 1. The molecule has 0 unspecified atom stereocenters. The van der Waals surface area contributed by atoms with Crippen LogP contribution in [0.1, 0.15) is 11.3 Å². The second kappa shape index (κ2) is 8.55. The Morgan fingerprint density at radius 1 is 1.03 bits per heavy atom. The highest BCUT2D eigenvalue weighted by Crippen LogP contribution is 2.22. The summed E-state index contributed by atoms with van der Waals surface area (Å²) in [5, 5.41) is 0. The molecule has 1 aromatic carbocycles. The third-order valence-electron chi connectivity index (χ3n) is 5.07. The SMILES string of the molecule is Cc1nc(-c2ccccn2)ncc1S(=O)(=O)N1CCN(Cc2cccc(F)c2)CC1. The van der Waals surface area contributed by atoms with Crippen molar-refractivity contribution in [2.24, 2.45) is 0 Å². The molecule has 1 fully saturated rings. The molecule has 1 aliphatic rings. The molecular weight excluding hydrogens is 405 g/mol. The molecule has 7 nitrogen and oxygen atoms in total. The van der Waals surface area contributed by atoms with Crippen LogP contribution in [-0.2, 0) is 16.6 Å². The van der Waals surface area contributed by atoms with Gasteiger partial charge in [0.05, 0.1) is 11.9 Å². The van der Waals surface area contributed by atoms with Gasteiger partial charge in [0.15, 0.2) is 5.82 Å². The summed E-state index contributed by atoms with van der Waals surface area (Å²) in [4.78, 5) is 15.0. The van der Waals surface area contributed by atoms with Crippen molar-refractivity contribution < 1.29 is 12.8 Å². The van der Waals surface area contributed by atoms with E-state index in [0.717, 1.165) is 5.56 Å².